The topological polar surface area (TPSA) is 48.5 Å². The monoisotopic (exact) mass is 487 g/mol. The maximum Gasteiger partial charge on any atom is 0.434 e. The number of imidazole rings is 1. The van der Waals surface area contributed by atoms with Crippen LogP contribution >= 0.6 is 11.6 Å². The molecular formula is C24H18ClF4N5. The number of hydrogen-bond donors (Lipinski definition) is 0. The Balaban J connectivity index is 1.56. The molecule has 0 saturated heterocycles. The summed E-state index contributed by atoms with van der Waals surface area (Å²) in [6.07, 6.45) is -1.89. The molecule has 0 radical (unpaired) electrons. The molecule has 5 aromatic rings. The van der Waals surface area contributed by atoms with E-state index in [1.54, 1.807) is 38.2 Å². The fraction of sp³-hybridized carbons (Fsp3) is 0.208. The van der Waals surface area contributed by atoms with Crippen molar-refractivity contribution >= 4 is 33.5 Å². The summed E-state index contributed by atoms with van der Waals surface area (Å²) in [5.74, 6) is -0.140. The van der Waals surface area contributed by atoms with E-state index in [2.05, 4.69) is 15.0 Å². The Bertz CT molecular complexity index is 1460. The molecule has 0 aliphatic rings. The standard InChI is InChI=1S/C24H18ClF4N5/c1-13(2)33-12-20(24(27,28)29)31-21(33)15-5-3-14(4-6-15)11-34-19-9-16(26)7-8-17(19)18-10-30-23(25)32-22(18)34/h3-10,12-13H,11H2,1-2H3. The van der Waals surface area contributed by atoms with E-state index in [9.17, 15) is 17.6 Å². The zero-order valence-corrected chi connectivity index (χ0v) is 18.9. The molecule has 10 heteroatoms. The number of halogens is 5. The van der Waals surface area contributed by atoms with Gasteiger partial charge in [0, 0.05) is 41.3 Å². The summed E-state index contributed by atoms with van der Waals surface area (Å²) in [7, 11) is 0. The largest absolute Gasteiger partial charge is 0.434 e. The first-order valence-corrected chi connectivity index (χ1v) is 10.8. The minimum Gasteiger partial charge on any atom is -0.328 e. The van der Waals surface area contributed by atoms with Gasteiger partial charge in [-0.2, -0.15) is 18.2 Å². The van der Waals surface area contributed by atoms with Crippen LogP contribution in [0.1, 0.15) is 31.1 Å². The van der Waals surface area contributed by atoms with Crippen molar-refractivity contribution in [2.75, 3.05) is 0 Å². The lowest BCUT2D eigenvalue weighted by Gasteiger charge is -2.12. The van der Waals surface area contributed by atoms with E-state index >= 15 is 0 Å². The van der Waals surface area contributed by atoms with Crippen molar-refractivity contribution in [3.8, 4) is 11.4 Å². The zero-order valence-electron chi connectivity index (χ0n) is 18.1. The highest BCUT2D eigenvalue weighted by Gasteiger charge is 2.35. The number of alkyl halides is 3. The maximum absolute atomic E-state index is 14.0. The highest BCUT2D eigenvalue weighted by Crippen LogP contribution is 2.33. The molecule has 0 atom stereocenters. The quantitative estimate of drug-likeness (QED) is 0.205. The van der Waals surface area contributed by atoms with Crippen LogP contribution < -0.4 is 0 Å². The smallest absolute Gasteiger partial charge is 0.328 e. The molecule has 3 heterocycles. The second-order valence-corrected chi connectivity index (χ2v) is 8.61. The molecule has 0 N–H and O–H groups in total. The maximum atomic E-state index is 14.0. The van der Waals surface area contributed by atoms with Gasteiger partial charge in [0.25, 0.3) is 0 Å². The molecule has 5 nitrogen and oxygen atoms in total. The summed E-state index contributed by atoms with van der Waals surface area (Å²) >= 11 is 6.02. The molecule has 0 aliphatic heterocycles. The molecule has 0 bridgehead atoms. The average molecular weight is 488 g/mol. The van der Waals surface area contributed by atoms with Gasteiger partial charge in [0.15, 0.2) is 5.69 Å². The van der Waals surface area contributed by atoms with Crippen LogP contribution in [0, 0.1) is 5.82 Å². The van der Waals surface area contributed by atoms with E-state index in [1.807, 2.05) is 16.7 Å². The van der Waals surface area contributed by atoms with Crippen LogP contribution in [0.2, 0.25) is 5.28 Å². The molecule has 0 saturated carbocycles. The summed E-state index contributed by atoms with van der Waals surface area (Å²) in [5.41, 5.74) is 1.69. The third-order valence-electron chi connectivity index (χ3n) is 5.67. The van der Waals surface area contributed by atoms with Crippen LogP contribution in [-0.2, 0) is 12.7 Å². The van der Waals surface area contributed by atoms with Gasteiger partial charge in [-0.3, -0.25) is 0 Å². The molecule has 34 heavy (non-hydrogen) atoms. The van der Waals surface area contributed by atoms with Crippen LogP contribution in [0.4, 0.5) is 17.6 Å². The van der Waals surface area contributed by atoms with Crippen LogP contribution in [0.3, 0.4) is 0 Å². The minimum absolute atomic E-state index is 0.0772. The molecule has 0 unspecified atom stereocenters. The summed E-state index contributed by atoms with van der Waals surface area (Å²) in [6, 6.07) is 11.4. The molecule has 174 valence electrons. The Morgan fingerprint density at radius 3 is 2.41 bits per heavy atom. The predicted molar refractivity (Wildman–Crippen MR) is 122 cm³/mol. The molecule has 0 amide bonds. The fourth-order valence-electron chi connectivity index (χ4n) is 4.06. The van der Waals surface area contributed by atoms with Crippen molar-refractivity contribution in [1.29, 1.82) is 0 Å². The molecular weight excluding hydrogens is 470 g/mol. The molecule has 3 aromatic heterocycles. The van der Waals surface area contributed by atoms with Crippen LogP contribution in [0.5, 0.6) is 0 Å². The van der Waals surface area contributed by atoms with E-state index in [1.165, 1.54) is 16.7 Å². The van der Waals surface area contributed by atoms with Crippen molar-refractivity contribution in [2.24, 2.45) is 0 Å². The number of rotatable bonds is 4. The van der Waals surface area contributed by atoms with Crippen molar-refractivity contribution in [1.82, 2.24) is 24.1 Å². The van der Waals surface area contributed by atoms with Gasteiger partial charge >= 0.3 is 6.18 Å². The Morgan fingerprint density at radius 2 is 1.74 bits per heavy atom. The second kappa shape index (κ2) is 8.09. The SMILES string of the molecule is CC(C)n1cc(C(F)(F)F)nc1-c1ccc(Cn2c3cc(F)ccc3c3cnc(Cl)nc32)cc1. The Labute approximate surface area is 196 Å². The predicted octanol–water partition coefficient (Wildman–Crippen LogP) is 6.89. The minimum atomic E-state index is -4.52. The normalized spacial score (nSPS) is 12.4. The number of nitrogens with zero attached hydrogens (tertiary/aromatic N) is 5. The van der Waals surface area contributed by atoms with Gasteiger partial charge in [-0.25, -0.2) is 14.4 Å². The lowest BCUT2D eigenvalue weighted by Crippen LogP contribution is -2.05. The molecule has 0 spiro atoms. The van der Waals surface area contributed by atoms with Gasteiger partial charge in [0.1, 0.15) is 17.3 Å². The van der Waals surface area contributed by atoms with Gasteiger partial charge in [-0.05, 0) is 49.2 Å². The highest BCUT2D eigenvalue weighted by molar-refractivity contribution is 6.28. The van der Waals surface area contributed by atoms with Crippen LogP contribution in [0.25, 0.3) is 33.3 Å². The highest BCUT2D eigenvalue weighted by atomic mass is 35.5. The second-order valence-electron chi connectivity index (χ2n) is 8.27. The third kappa shape index (κ3) is 3.90. The first-order chi connectivity index (χ1) is 16.1. The van der Waals surface area contributed by atoms with Gasteiger partial charge in [0.05, 0.1) is 5.52 Å². The lowest BCUT2D eigenvalue weighted by molar-refractivity contribution is -0.140. The van der Waals surface area contributed by atoms with Crippen molar-refractivity contribution in [3.05, 3.63) is 77.2 Å². The van der Waals surface area contributed by atoms with E-state index in [0.29, 0.717) is 23.3 Å². The molecule has 0 fully saturated rings. The summed E-state index contributed by atoms with van der Waals surface area (Å²) in [5, 5.41) is 1.62. The van der Waals surface area contributed by atoms with Crippen molar-refractivity contribution < 1.29 is 17.6 Å². The van der Waals surface area contributed by atoms with Crippen LogP contribution in [0.15, 0.2) is 54.9 Å². The Kier molecular flexibility index (Phi) is 5.31. The van der Waals surface area contributed by atoms with Gasteiger partial charge in [-0.1, -0.05) is 24.3 Å². The third-order valence-corrected chi connectivity index (χ3v) is 5.85. The molecule has 5 rings (SSSR count). The molecule has 0 aliphatic carbocycles. The fourth-order valence-corrected chi connectivity index (χ4v) is 4.19. The van der Waals surface area contributed by atoms with Crippen LogP contribution in [-0.4, -0.2) is 24.1 Å². The Morgan fingerprint density at radius 1 is 1.00 bits per heavy atom. The average Bonchev–Trinajstić information content (AvgIpc) is 3.35. The van der Waals surface area contributed by atoms with Crippen molar-refractivity contribution in [3.63, 3.8) is 0 Å². The van der Waals surface area contributed by atoms with Gasteiger partial charge in [0.2, 0.25) is 5.28 Å². The van der Waals surface area contributed by atoms with E-state index in [4.69, 9.17) is 11.6 Å². The number of aromatic nitrogens is 5. The van der Waals surface area contributed by atoms with Gasteiger partial charge in [-0.15, -0.1) is 0 Å². The Hall–Kier alpha value is -3.46. The summed E-state index contributed by atoms with van der Waals surface area (Å²) in [4.78, 5) is 12.2. The van der Waals surface area contributed by atoms with E-state index in [-0.39, 0.29) is 23.0 Å². The summed E-state index contributed by atoms with van der Waals surface area (Å²) in [6.45, 7) is 3.95. The number of hydrogen-bond acceptors (Lipinski definition) is 3. The first-order valence-electron chi connectivity index (χ1n) is 10.5. The number of benzene rings is 2. The van der Waals surface area contributed by atoms with Gasteiger partial charge < -0.3 is 9.13 Å². The zero-order chi connectivity index (χ0) is 24.2. The summed E-state index contributed by atoms with van der Waals surface area (Å²) < 4.78 is 57.0. The molecule has 2 aromatic carbocycles. The van der Waals surface area contributed by atoms with Crippen molar-refractivity contribution in [2.45, 2.75) is 32.6 Å². The van der Waals surface area contributed by atoms with E-state index in [0.717, 1.165) is 22.5 Å². The van der Waals surface area contributed by atoms with E-state index < -0.39 is 11.9 Å². The first kappa shape index (κ1) is 22.3. The lowest BCUT2D eigenvalue weighted by atomic mass is 10.1. The number of fused-ring (bicyclic) bond motifs is 3.